The maximum absolute atomic E-state index is 4.36. The summed E-state index contributed by atoms with van der Waals surface area (Å²) in [6, 6.07) is 7.94. The number of anilines is 3. The highest BCUT2D eigenvalue weighted by molar-refractivity contribution is 9.10. The topological polar surface area (TPSA) is 49.8 Å². The van der Waals surface area contributed by atoms with Gasteiger partial charge in [0.05, 0.1) is 0 Å². The third kappa shape index (κ3) is 3.20. The van der Waals surface area contributed by atoms with E-state index in [-0.39, 0.29) is 0 Å². The van der Waals surface area contributed by atoms with Crippen LogP contribution in [0.5, 0.6) is 0 Å². The molecule has 0 fully saturated rings. The summed E-state index contributed by atoms with van der Waals surface area (Å²) in [6.45, 7) is 4.88. The lowest BCUT2D eigenvalue weighted by Crippen LogP contribution is -2.03. The van der Waals surface area contributed by atoms with E-state index >= 15 is 0 Å². The molecule has 2 N–H and O–H groups in total. The fourth-order valence-corrected chi connectivity index (χ4v) is 1.79. The van der Waals surface area contributed by atoms with Crippen molar-refractivity contribution in [2.45, 2.75) is 13.8 Å². The maximum Gasteiger partial charge on any atom is 0.224 e. The second-order valence-electron chi connectivity index (χ2n) is 3.88. The summed E-state index contributed by atoms with van der Waals surface area (Å²) in [7, 11) is 0. The molecule has 0 atom stereocenters. The second kappa shape index (κ2) is 5.82. The normalized spacial score (nSPS) is 10.2. The zero-order chi connectivity index (χ0) is 13.0. The summed E-state index contributed by atoms with van der Waals surface area (Å²) in [4.78, 5) is 8.50. The first-order valence-electron chi connectivity index (χ1n) is 5.79. The first-order chi connectivity index (χ1) is 8.69. The van der Waals surface area contributed by atoms with Crippen LogP contribution in [0.1, 0.15) is 12.5 Å². The molecule has 0 amide bonds. The SMILES string of the molecule is CCNc1nccc(Nc2ccc(Br)c(C)c2)n1. The third-order valence-electron chi connectivity index (χ3n) is 2.42. The van der Waals surface area contributed by atoms with Crippen molar-refractivity contribution in [2.75, 3.05) is 17.2 Å². The first-order valence-corrected chi connectivity index (χ1v) is 6.58. The molecule has 0 spiro atoms. The van der Waals surface area contributed by atoms with Crippen LogP contribution >= 0.6 is 15.9 Å². The molecular weight excluding hydrogens is 292 g/mol. The van der Waals surface area contributed by atoms with E-state index in [1.54, 1.807) is 6.20 Å². The number of aromatic nitrogens is 2. The van der Waals surface area contributed by atoms with Crippen molar-refractivity contribution in [1.29, 1.82) is 0 Å². The predicted molar refractivity (Wildman–Crippen MR) is 78.4 cm³/mol. The average molecular weight is 307 g/mol. The van der Waals surface area contributed by atoms with Crippen LogP contribution in [0.15, 0.2) is 34.9 Å². The molecule has 94 valence electrons. The summed E-state index contributed by atoms with van der Waals surface area (Å²) >= 11 is 3.48. The molecule has 0 aliphatic rings. The fourth-order valence-electron chi connectivity index (χ4n) is 1.54. The largest absolute Gasteiger partial charge is 0.354 e. The van der Waals surface area contributed by atoms with Crippen molar-refractivity contribution in [3.05, 3.63) is 40.5 Å². The van der Waals surface area contributed by atoms with Crippen LogP contribution in [-0.2, 0) is 0 Å². The van der Waals surface area contributed by atoms with Gasteiger partial charge >= 0.3 is 0 Å². The van der Waals surface area contributed by atoms with Gasteiger partial charge in [0.2, 0.25) is 5.95 Å². The van der Waals surface area contributed by atoms with Crippen molar-refractivity contribution in [3.8, 4) is 0 Å². The van der Waals surface area contributed by atoms with Crippen LogP contribution in [0, 0.1) is 6.92 Å². The smallest absolute Gasteiger partial charge is 0.224 e. The number of nitrogens with one attached hydrogen (secondary N) is 2. The van der Waals surface area contributed by atoms with Crippen LogP contribution in [0.4, 0.5) is 17.5 Å². The molecular formula is C13H15BrN4. The van der Waals surface area contributed by atoms with E-state index in [1.807, 2.05) is 25.1 Å². The standard InChI is InChI=1S/C13H15BrN4/c1-3-15-13-16-7-6-12(18-13)17-10-4-5-11(14)9(2)8-10/h4-8H,3H2,1-2H3,(H2,15,16,17,18). The van der Waals surface area contributed by atoms with Crippen molar-refractivity contribution < 1.29 is 0 Å². The van der Waals surface area contributed by atoms with Crippen molar-refractivity contribution in [1.82, 2.24) is 9.97 Å². The Hall–Kier alpha value is -1.62. The molecule has 0 saturated heterocycles. The van der Waals surface area contributed by atoms with Crippen molar-refractivity contribution in [2.24, 2.45) is 0 Å². The summed E-state index contributed by atoms with van der Waals surface area (Å²) in [6.07, 6.45) is 1.74. The van der Waals surface area contributed by atoms with E-state index in [0.29, 0.717) is 5.95 Å². The van der Waals surface area contributed by atoms with Gasteiger partial charge in [0.1, 0.15) is 5.82 Å². The van der Waals surface area contributed by atoms with Gasteiger partial charge in [-0.2, -0.15) is 4.98 Å². The molecule has 0 bridgehead atoms. The molecule has 0 aliphatic heterocycles. The molecule has 1 aromatic carbocycles. The first kappa shape index (κ1) is 12.8. The number of benzene rings is 1. The van der Waals surface area contributed by atoms with Crippen molar-refractivity contribution in [3.63, 3.8) is 0 Å². The summed E-state index contributed by atoms with van der Waals surface area (Å²) < 4.78 is 1.10. The summed E-state index contributed by atoms with van der Waals surface area (Å²) in [5, 5.41) is 6.34. The van der Waals surface area contributed by atoms with E-state index in [0.717, 1.165) is 22.5 Å². The Morgan fingerprint density at radius 1 is 1.28 bits per heavy atom. The van der Waals surface area contributed by atoms with Crippen LogP contribution in [0.2, 0.25) is 0 Å². The summed E-state index contributed by atoms with van der Waals surface area (Å²) in [5.41, 5.74) is 2.19. The second-order valence-corrected chi connectivity index (χ2v) is 4.74. The van der Waals surface area contributed by atoms with Crippen LogP contribution in [-0.4, -0.2) is 16.5 Å². The van der Waals surface area contributed by atoms with Crippen LogP contribution in [0.25, 0.3) is 0 Å². The highest BCUT2D eigenvalue weighted by Crippen LogP contribution is 2.22. The minimum Gasteiger partial charge on any atom is -0.354 e. The fraction of sp³-hybridized carbons (Fsp3) is 0.231. The maximum atomic E-state index is 4.36. The molecule has 0 aliphatic carbocycles. The van der Waals surface area contributed by atoms with Crippen LogP contribution in [0.3, 0.4) is 0 Å². The number of rotatable bonds is 4. The molecule has 18 heavy (non-hydrogen) atoms. The highest BCUT2D eigenvalue weighted by Gasteiger charge is 2.00. The van der Waals surface area contributed by atoms with E-state index < -0.39 is 0 Å². The molecule has 1 aromatic heterocycles. The predicted octanol–water partition coefficient (Wildman–Crippen LogP) is 3.72. The zero-order valence-electron chi connectivity index (χ0n) is 10.4. The zero-order valence-corrected chi connectivity index (χ0v) is 12.0. The Bertz CT molecular complexity index is 542. The Kier molecular flexibility index (Phi) is 4.15. The van der Waals surface area contributed by atoms with E-state index in [9.17, 15) is 0 Å². The molecule has 0 radical (unpaired) electrons. The lowest BCUT2D eigenvalue weighted by atomic mass is 10.2. The molecule has 5 heteroatoms. The quantitative estimate of drug-likeness (QED) is 0.904. The lowest BCUT2D eigenvalue weighted by Gasteiger charge is -2.08. The van der Waals surface area contributed by atoms with Crippen LogP contribution < -0.4 is 10.6 Å². The molecule has 4 nitrogen and oxygen atoms in total. The molecule has 2 rings (SSSR count). The van der Waals surface area contributed by atoms with Gasteiger partial charge in [-0.15, -0.1) is 0 Å². The Morgan fingerprint density at radius 3 is 2.83 bits per heavy atom. The van der Waals surface area contributed by atoms with Gasteiger partial charge in [0.25, 0.3) is 0 Å². The number of hydrogen-bond acceptors (Lipinski definition) is 4. The Labute approximate surface area is 115 Å². The third-order valence-corrected chi connectivity index (χ3v) is 3.31. The van der Waals surface area contributed by atoms with Gasteiger partial charge in [0.15, 0.2) is 0 Å². The number of nitrogens with zero attached hydrogens (tertiary/aromatic N) is 2. The van der Waals surface area contributed by atoms with Gasteiger partial charge in [-0.25, -0.2) is 4.98 Å². The van der Waals surface area contributed by atoms with Gasteiger partial charge in [-0.05, 0) is 43.7 Å². The number of hydrogen-bond donors (Lipinski definition) is 2. The Morgan fingerprint density at radius 2 is 2.11 bits per heavy atom. The van der Waals surface area contributed by atoms with E-state index in [4.69, 9.17) is 0 Å². The van der Waals surface area contributed by atoms with Gasteiger partial charge < -0.3 is 10.6 Å². The highest BCUT2D eigenvalue weighted by atomic mass is 79.9. The minimum atomic E-state index is 0.635. The van der Waals surface area contributed by atoms with Gasteiger partial charge in [-0.1, -0.05) is 15.9 Å². The van der Waals surface area contributed by atoms with Crippen molar-refractivity contribution >= 4 is 33.4 Å². The van der Waals surface area contributed by atoms with Gasteiger partial charge in [0, 0.05) is 22.9 Å². The summed E-state index contributed by atoms with van der Waals surface area (Å²) in [5.74, 6) is 1.42. The lowest BCUT2D eigenvalue weighted by molar-refractivity contribution is 1.09. The molecule has 1 heterocycles. The molecule has 2 aromatic rings. The monoisotopic (exact) mass is 306 g/mol. The van der Waals surface area contributed by atoms with E-state index in [2.05, 4.69) is 49.5 Å². The number of aryl methyl sites for hydroxylation is 1. The molecule has 0 saturated carbocycles. The van der Waals surface area contributed by atoms with E-state index in [1.165, 1.54) is 5.56 Å². The number of halogens is 1. The Balaban J connectivity index is 2.17. The minimum absolute atomic E-state index is 0.635. The van der Waals surface area contributed by atoms with Gasteiger partial charge in [-0.3, -0.25) is 0 Å². The molecule has 0 unspecified atom stereocenters. The average Bonchev–Trinajstić information content (AvgIpc) is 2.35.